The van der Waals surface area contributed by atoms with Crippen LogP contribution in [0.5, 0.6) is 0 Å². The van der Waals surface area contributed by atoms with Gasteiger partial charge in [0.2, 0.25) is 0 Å². The van der Waals surface area contributed by atoms with Gasteiger partial charge in [-0.05, 0) is 13.0 Å². The van der Waals surface area contributed by atoms with Gasteiger partial charge in [-0.1, -0.05) is 0 Å². The number of carbonyl (C=O) groups excluding carboxylic acids is 1. The molecule has 0 saturated carbocycles. The van der Waals surface area contributed by atoms with Gasteiger partial charge in [-0.2, -0.15) is 5.10 Å². The van der Waals surface area contributed by atoms with E-state index in [0.29, 0.717) is 18.3 Å². The molecule has 0 bridgehead atoms. The van der Waals surface area contributed by atoms with E-state index in [4.69, 9.17) is 5.73 Å². The molecule has 1 aromatic rings. The Hall–Kier alpha value is -1.40. The van der Waals surface area contributed by atoms with Crippen LogP contribution in [0.1, 0.15) is 17.4 Å². The summed E-state index contributed by atoms with van der Waals surface area (Å²) in [4.78, 5) is 16.5. The quantitative estimate of drug-likeness (QED) is 0.788. The van der Waals surface area contributed by atoms with Crippen molar-refractivity contribution in [3.8, 4) is 0 Å². The fourth-order valence-electron chi connectivity index (χ4n) is 2.26. The Morgan fingerprint density at radius 3 is 2.61 bits per heavy atom. The summed E-state index contributed by atoms with van der Waals surface area (Å²) in [5, 5.41) is 4.03. The second-order valence-electron chi connectivity index (χ2n) is 4.75. The summed E-state index contributed by atoms with van der Waals surface area (Å²) in [6, 6.07) is 2.15. The minimum Gasteiger partial charge on any atom is -0.335 e. The van der Waals surface area contributed by atoms with Crippen LogP contribution >= 0.6 is 0 Å². The maximum Gasteiger partial charge on any atom is 0.272 e. The number of piperazine rings is 1. The van der Waals surface area contributed by atoms with E-state index in [0.717, 1.165) is 26.2 Å². The van der Waals surface area contributed by atoms with Gasteiger partial charge in [-0.15, -0.1) is 0 Å². The summed E-state index contributed by atoms with van der Waals surface area (Å²) in [6.45, 7) is 6.08. The van der Waals surface area contributed by atoms with E-state index in [1.807, 2.05) is 4.90 Å². The summed E-state index contributed by atoms with van der Waals surface area (Å²) in [5.74, 6) is 0.0649. The Morgan fingerprint density at radius 2 is 2.11 bits per heavy atom. The predicted molar refractivity (Wildman–Crippen MR) is 69.2 cm³/mol. The first-order valence-electron chi connectivity index (χ1n) is 6.35. The Bertz CT molecular complexity index is 408. The Labute approximate surface area is 107 Å². The molecule has 100 valence electrons. The molecule has 0 spiro atoms. The number of nitrogens with two attached hydrogens (primary N) is 1. The van der Waals surface area contributed by atoms with Crippen molar-refractivity contribution < 1.29 is 4.79 Å². The Balaban J connectivity index is 1.94. The van der Waals surface area contributed by atoms with E-state index in [9.17, 15) is 4.79 Å². The van der Waals surface area contributed by atoms with Gasteiger partial charge in [-0.25, -0.2) is 0 Å². The molecule has 6 nitrogen and oxygen atoms in total. The molecule has 1 saturated heterocycles. The topological polar surface area (TPSA) is 67.4 Å². The molecule has 1 atom stereocenters. The number of carbonyl (C=O) groups is 1. The predicted octanol–water partition coefficient (Wildman–Crippen LogP) is -0.475. The number of hydrogen-bond acceptors (Lipinski definition) is 4. The third-order valence-corrected chi connectivity index (χ3v) is 3.61. The molecule has 1 fully saturated rings. The molecule has 18 heavy (non-hydrogen) atoms. The van der Waals surface area contributed by atoms with Gasteiger partial charge in [0.05, 0.1) is 0 Å². The van der Waals surface area contributed by atoms with E-state index in [1.165, 1.54) is 0 Å². The maximum atomic E-state index is 12.2. The van der Waals surface area contributed by atoms with Crippen LogP contribution in [0, 0.1) is 0 Å². The molecule has 6 heteroatoms. The first-order chi connectivity index (χ1) is 8.63. The van der Waals surface area contributed by atoms with Crippen LogP contribution in [-0.4, -0.2) is 64.3 Å². The smallest absolute Gasteiger partial charge is 0.272 e. The maximum absolute atomic E-state index is 12.2. The van der Waals surface area contributed by atoms with E-state index >= 15 is 0 Å². The molecule has 1 aromatic heterocycles. The van der Waals surface area contributed by atoms with Crippen LogP contribution in [-0.2, 0) is 7.05 Å². The molecule has 0 aliphatic carbocycles. The molecule has 2 N–H and O–H groups in total. The van der Waals surface area contributed by atoms with E-state index in [-0.39, 0.29) is 5.91 Å². The molecule has 2 heterocycles. The molecule has 2 rings (SSSR count). The van der Waals surface area contributed by atoms with E-state index in [1.54, 1.807) is 24.0 Å². The monoisotopic (exact) mass is 251 g/mol. The van der Waals surface area contributed by atoms with Crippen molar-refractivity contribution in [2.75, 3.05) is 32.7 Å². The summed E-state index contributed by atoms with van der Waals surface area (Å²) >= 11 is 0. The first kappa shape index (κ1) is 13.0. The lowest BCUT2D eigenvalue weighted by atomic mass is 10.2. The molecule has 0 aromatic carbocycles. The highest BCUT2D eigenvalue weighted by atomic mass is 16.2. The lowest BCUT2D eigenvalue weighted by Crippen LogP contribution is -2.53. The number of aryl methyl sites for hydroxylation is 1. The average Bonchev–Trinajstić information content (AvgIpc) is 2.83. The van der Waals surface area contributed by atoms with E-state index in [2.05, 4.69) is 16.9 Å². The lowest BCUT2D eigenvalue weighted by molar-refractivity contribution is 0.0579. The minimum absolute atomic E-state index is 0.0649. The zero-order chi connectivity index (χ0) is 13.1. The fourth-order valence-corrected chi connectivity index (χ4v) is 2.26. The number of rotatable bonds is 3. The van der Waals surface area contributed by atoms with Crippen molar-refractivity contribution in [3.05, 3.63) is 18.0 Å². The number of aromatic nitrogens is 2. The highest BCUT2D eigenvalue weighted by Gasteiger charge is 2.25. The average molecular weight is 251 g/mol. The summed E-state index contributed by atoms with van der Waals surface area (Å²) in [6.07, 6.45) is 1.65. The summed E-state index contributed by atoms with van der Waals surface area (Å²) < 4.78 is 1.62. The molecular formula is C12H21N5O. The van der Waals surface area contributed by atoms with Crippen LogP contribution in [0.25, 0.3) is 0 Å². The van der Waals surface area contributed by atoms with Gasteiger partial charge in [-0.3, -0.25) is 14.4 Å². The van der Waals surface area contributed by atoms with Crippen LogP contribution < -0.4 is 5.73 Å². The highest BCUT2D eigenvalue weighted by Crippen LogP contribution is 2.09. The van der Waals surface area contributed by atoms with Gasteiger partial charge >= 0.3 is 0 Å². The fraction of sp³-hybridized carbons (Fsp3) is 0.667. The molecule has 1 unspecified atom stereocenters. The van der Waals surface area contributed by atoms with Crippen molar-refractivity contribution in [3.63, 3.8) is 0 Å². The van der Waals surface area contributed by atoms with Gasteiger partial charge < -0.3 is 10.6 Å². The Kier molecular flexibility index (Phi) is 3.98. The van der Waals surface area contributed by atoms with Crippen molar-refractivity contribution in [2.24, 2.45) is 12.8 Å². The van der Waals surface area contributed by atoms with Crippen LogP contribution in [0.4, 0.5) is 0 Å². The minimum atomic E-state index is 0.0649. The molecule has 1 amide bonds. The van der Waals surface area contributed by atoms with Gasteiger partial charge in [0.15, 0.2) is 0 Å². The largest absolute Gasteiger partial charge is 0.335 e. The van der Waals surface area contributed by atoms with Crippen molar-refractivity contribution in [1.29, 1.82) is 0 Å². The Morgan fingerprint density at radius 1 is 1.44 bits per heavy atom. The number of hydrogen-bond donors (Lipinski definition) is 1. The molecule has 1 aliphatic heterocycles. The van der Waals surface area contributed by atoms with Gasteiger partial charge in [0, 0.05) is 52.0 Å². The van der Waals surface area contributed by atoms with Crippen LogP contribution in [0.2, 0.25) is 0 Å². The zero-order valence-corrected chi connectivity index (χ0v) is 11.0. The summed E-state index contributed by atoms with van der Waals surface area (Å²) in [7, 11) is 1.79. The van der Waals surface area contributed by atoms with Crippen molar-refractivity contribution in [2.45, 2.75) is 13.0 Å². The molecule has 1 aliphatic rings. The van der Waals surface area contributed by atoms with Crippen molar-refractivity contribution in [1.82, 2.24) is 19.6 Å². The molecular weight excluding hydrogens is 230 g/mol. The number of nitrogens with zero attached hydrogens (tertiary/aromatic N) is 4. The third-order valence-electron chi connectivity index (χ3n) is 3.61. The normalized spacial score (nSPS) is 18.9. The van der Waals surface area contributed by atoms with Crippen molar-refractivity contribution >= 4 is 5.91 Å². The number of amides is 1. The standard InChI is InChI=1S/C12H21N5O/c1-10(9-13)16-5-7-17(8-6-16)12(18)11-3-4-14-15(11)2/h3-4,10H,5-9,13H2,1-2H3. The first-order valence-corrected chi connectivity index (χ1v) is 6.35. The SMILES string of the molecule is CC(CN)N1CCN(C(=O)c2ccnn2C)CC1. The van der Waals surface area contributed by atoms with Gasteiger partial charge in [0.25, 0.3) is 5.91 Å². The van der Waals surface area contributed by atoms with Crippen LogP contribution in [0.15, 0.2) is 12.3 Å². The van der Waals surface area contributed by atoms with Gasteiger partial charge in [0.1, 0.15) is 5.69 Å². The zero-order valence-electron chi connectivity index (χ0n) is 11.0. The summed E-state index contributed by atoms with van der Waals surface area (Å²) in [5.41, 5.74) is 6.31. The third kappa shape index (κ3) is 2.54. The highest BCUT2D eigenvalue weighted by molar-refractivity contribution is 5.92. The lowest BCUT2D eigenvalue weighted by Gasteiger charge is -2.37. The van der Waals surface area contributed by atoms with E-state index < -0.39 is 0 Å². The second kappa shape index (κ2) is 5.49. The van der Waals surface area contributed by atoms with Crippen LogP contribution in [0.3, 0.4) is 0 Å². The second-order valence-corrected chi connectivity index (χ2v) is 4.75. The molecule has 0 radical (unpaired) electrons.